The summed E-state index contributed by atoms with van der Waals surface area (Å²) in [4.78, 5) is 16.3. The number of hydrogen-bond acceptors (Lipinski definition) is 4. The molecule has 158 valence electrons. The van der Waals surface area contributed by atoms with Gasteiger partial charge in [-0.05, 0) is 54.8 Å². The highest BCUT2D eigenvalue weighted by molar-refractivity contribution is 5.89. The molecule has 4 aromatic rings. The number of ether oxygens (including phenoxy) is 2. The van der Waals surface area contributed by atoms with Crippen LogP contribution in [0.3, 0.4) is 0 Å². The van der Waals surface area contributed by atoms with Gasteiger partial charge >= 0.3 is 5.97 Å². The molecule has 0 atom stereocenters. The van der Waals surface area contributed by atoms with E-state index in [1.807, 2.05) is 25.1 Å². The number of halogens is 1. The van der Waals surface area contributed by atoms with Crippen LogP contribution in [0, 0.1) is 19.7 Å². The Hall–Kier alpha value is -3.67. The molecule has 0 fully saturated rings. The van der Waals surface area contributed by atoms with Crippen LogP contribution >= 0.6 is 0 Å². The van der Waals surface area contributed by atoms with Crippen LogP contribution in [-0.4, -0.2) is 22.6 Å². The van der Waals surface area contributed by atoms with Crippen molar-refractivity contribution < 1.29 is 18.7 Å². The van der Waals surface area contributed by atoms with Crippen molar-refractivity contribution in [3.63, 3.8) is 0 Å². The summed E-state index contributed by atoms with van der Waals surface area (Å²) in [6, 6.07) is 15.5. The molecule has 5 nitrogen and oxygen atoms in total. The zero-order valence-electron chi connectivity index (χ0n) is 17.7. The fourth-order valence-electron chi connectivity index (χ4n) is 3.62. The Bertz CT molecular complexity index is 1230. The number of esters is 1. The molecule has 0 spiro atoms. The van der Waals surface area contributed by atoms with Gasteiger partial charge in [0.2, 0.25) is 0 Å². The first kappa shape index (κ1) is 20.6. The molecule has 31 heavy (non-hydrogen) atoms. The van der Waals surface area contributed by atoms with Gasteiger partial charge in [-0.15, -0.1) is 0 Å². The molecule has 2 aromatic heterocycles. The molecule has 0 unspecified atom stereocenters. The van der Waals surface area contributed by atoms with E-state index in [4.69, 9.17) is 9.47 Å². The van der Waals surface area contributed by atoms with Gasteiger partial charge in [-0.2, -0.15) is 0 Å². The molecule has 6 heteroatoms. The highest BCUT2D eigenvalue weighted by atomic mass is 19.1. The number of benzene rings is 2. The van der Waals surface area contributed by atoms with E-state index in [0.29, 0.717) is 18.7 Å². The quantitative estimate of drug-likeness (QED) is 0.404. The predicted molar refractivity (Wildman–Crippen MR) is 117 cm³/mol. The summed E-state index contributed by atoms with van der Waals surface area (Å²) in [6.07, 6.45) is 1.74. The lowest BCUT2D eigenvalue weighted by Crippen LogP contribution is -2.05. The van der Waals surface area contributed by atoms with E-state index in [1.54, 1.807) is 30.5 Å². The number of carbonyl (C=O) groups is 1. The number of hydrogen-bond donors (Lipinski definition) is 0. The van der Waals surface area contributed by atoms with Gasteiger partial charge in [0.05, 0.1) is 18.2 Å². The highest BCUT2D eigenvalue weighted by Gasteiger charge is 2.17. The Labute approximate surface area is 180 Å². The summed E-state index contributed by atoms with van der Waals surface area (Å²) in [5.74, 6) is 0.0933. The van der Waals surface area contributed by atoms with Crippen LogP contribution in [-0.2, 0) is 17.9 Å². The van der Waals surface area contributed by atoms with Crippen LogP contribution in [0.25, 0.3) is 11.0 Å². The van der Waals surface area contributed by atoms with Crippen molar-refractivity contribution in [3.8, 4) is 5.75 Å². The summed E-state index contributed by atoms with van der Waals surface area (Å²) in [6.45, 7) is 5.04. The average Bonchev–Trinajstić information content (AvgIpc) is 3.04. The Balaban J connectivity index is 1.67. The Morgan fingerprint density at radius 2 is 1.68 bits per heavy atom. The second-order valence-electron chi connectivity index (χ2n) is 7.41. The molecule has 0 aliphatic rings. The van der Waals surface area contributed by atoms with Crippen LogP contribution in [0.5, 0.6) is 5.75 Å². The largest absolute Gasteiger partial charge is 0.487 e. The lowest BCUT2D eigenvalue weighted by atomic mass is 10.1. The minimum absolute atomic E-state index is 0.270. The predicted octanol–water partition coefficient (Wildman–Crippen LogP) is 5.21. The van der Waals surface area contributed by atoms with Crippen molar-refractivity contribution >= 4 is 17.0 Å². The van der Waals surface area contributed by atoms with Crippen LogP contribution in [0.1, 0.15) is 32.7 Å². The van der Waals surface area contributed by atoms with E-state index < -0.39 is 0 Å². The summed E-state index contributed by atoms with van der Waals surface area (Å²) in [5, 5.41) is 0. The summed E-state index contributed by atoms with van der Waals surface area (Å²) in [5.41, 5.74) is 6.43. The monoisotopic (exact) mass is 418 g/mol. The zero-order valence-corrected chi connectivity index (χ0v) is 17.7. The number of rotatable bonds is 6. The third kappa shape index (κ3) is 4.14. The van der Waals surface area contributed by atoms with E-state index in [2.05, 4.69) is 16.5 Å². The van der Waals surface area contributed by atoms with Gasteiger partial charge in [0.15, 0.2) is 0 Å². The van der Waals surface area contributed by atoms with E-state index in [1.165, 1.54) is 19.2 Å². The molecular weight excluding hydrogens is 395 g/mol. The van der Waals surface area contributed by atoms with Gasteiger partial charge in [0.1, 0.15) is 23.7 Å². The Morgan fingerprint density at radius 3 is 2.35 bits per heavy atom. The summed E-state index contributed by atoms with van der Waals surface area (Å²) >= 11 is 0. The molecular formula is C25H23FN2O3. The molecule has 0 amide bonds. The highest BCUT2D eigenvalue weighted by Crippen LogP contribution is 2.32. The number of nitrogens with zero attached hydrogens (tertiary/aromatic N) is 2. The maximum atomic E-state index is 13.2. The average molecular weight is 418 g/mol. The van der Waals surface area contributed by atoms with Gasteiger partial charge in [-0.25, -0.2) is 9.18 Å². The van der Waals surface area contributed by atoms with Gasteiger partial charge in [0, 0.05) is 24.5 Å². The first-order valence-corrected chi connectivity index (χ1v) is 9.97. The maximum absolute atomic E-state index is 13.2. The van der Waals surface area contributed by atoms with Gasteiger partial charge < -0.3 is 14.0 Å². The maximum Gasteiger partial charge on any atom is 0.337 e. The Morgan fingerprint density at radius 1 is 1.00 bits per heavy atom. The smallest absolute Gasteiger partial charge is 0.337 e. The van der Waals surface area contributed by atoms with Crippen molar-refractivity contribution in [3.05, 3.63) is 94.6 Å². The second-order valence-corrected chi connectivity index (χ2v) is 7.41. The molecule has 0 aliphatic heterocycles. The minimum Gasteiger partial charge on any atom is -0.487 e. The van der Waals surface area contributed by atoms with Crippen molar-refractivity contribution in [2.75, 3.05) is 7.11 Å². The molecule has 0 saturated carbocycles. The van der Waals surface area contributed by atoms with E-state index in [9.17, 15) is 9.18 Å². The van der Waals surface area contributed by atoms with Crippen molar-refractivity contribution in [1.82, 2.24) is 9.55 Å². The van der Waals surface area contributed by atoms with E-state index in [0.717, 1.165) is 39.2 Å². The standard InChI is InChI=1S/C25H23FN2O3/c1-16-17(2)28(14-18-4-8-20(9-5-18)25(29)30-3)24-22(12-13-27-23(16)24)31-15-19-6-10-21(26)11-7-19/h4-13H,14-15H2,1-3H3. The SMILES string of the molecule is COC(=O)c1ccc(Cn2c(C)c(C)c3nccc(OCc4ccc(F)cc4)c32)cc1. The van der Waals surface area contributed by atoms with Gasteiger partial charge in [-0.1, -0.05) is 24.3 Å². The number of fused-ring (bicyclic) bond motifs is 1. The van der Waals surface area contributed by atoms with Crippen LogP contribution in [0.15, 0.2) is 60.8 Å². The van der Waals surface area contributed by atoms with E-state index >= 15 is 0 Å². The molecule has 2 heterocycles. The van der Waals surface area contributed by atoms with Crippen LogP contribution < -0.4 is 4.74 Å². The van der Waals surface area contributed by atoms with E-state index in [-0.39, 0.29) is 11.8 Å². The zero-order chi connectivity index (χ0) is 22.0. The molecule has 0 N–H and O–H groups in total. The first-order chi connectivity index (χ1) is 15.0. The van der Waals surface area contributed by atoms with Crippen LogP contribution in [0.4, 0.5) is 4.39 Å². The molecule has 2 aromatic carbocycles. The fraction of sp³-hybridized carbons (Fsp3) is 0.200. The Kier molecular flexibility index (Phi) is 5.71. The van der Waals surface area contributed by atoms with Crippen molar-refractivity contribution in [1.29, 1.82) is 0 Å². The number of methoxy groups -OCH3 is 1. The number of pyridine rings is 1. The van der Waals surface area contributed by atoms with Crippen molar-refractivity contribution in [2.45, 2.75) is 27.0 Å². The molecule has 0 radical (unpaired) electrons. The van der Waals surface area contributed by atoms with Gasteiger partial charge in [-0.3, -0.25) is 4.98 Å². The minimum atomic E-state index is -0.356. The number of aryl methyl sites for hydroxylation is 1. The van der Waals surface area contributed by atoms with Crippen molar-refractivity contribution in [2.24, 2.45) is 0 Å². The number of aromatic nitrogens is 2. The van der Waals surface area contributed by atoms with Crippen LogP contribution in [0.2, 0.25) is 0 Å². The third-order valence-corrected chi connectivity index (χ3v) is 5.48. The normalized spacial score (nSPS) is 11.0. The molecule has 0 aliphatic carbocycles. The molecule has 0 saturated heterocycles. The lowest BCUT2D eigenvalue weighted by Gasteiger charge is -2.13. The third-order valence-electron chi connectivity index (χ3n) is 5.48. The second kappa shape index (κ2) is 8.60. The summed E-state index contributed by atoms with van der Waals surface area (Å²) < 4.78 is 26.2. The lowest BCUT2D eigenvalue weighted by molar-refractivity contribution is 0.0600. The van der Waals surface area contributed by atoms with Gasteiger partial charge in [0.25, 0.3) is 0 Å². The first-order valence-electron chi connectivity index (χ1n) is 9.97. The molecule has 0 bridgehead atoms. The molecule has 4 rings (SSSR count). The topological polar surface area (TPSA) is 53.4 Å². The summed E-state index contributed by atoms with van der Waals surface area (Å²) in [7, 11) is 1.37. The number of carbonyl (C=O) groups excluding carboxylic acids is 1. The fourth-order valence-corrected chi connectivity index (χ4v) is 3.62.